The Bertz CT molecular complexity index is 899. The van der Waals surface area contributed by atoms with Crippen LogP contribution in [0, 0.1) is 0 Å². The van der Waals surface area contributed by atoms with Gasteiger partial charge >= 0.3 is 6.03 Å². The molecular weight excluding hydrogens is 336 g/mol. The predicted molar refractivity (Wildman–Crippen MR) is 109 cm³/mol. The second-order valence-corrected chi connectivity index (χ2v) is 7.03. The van der Waals surface area contributed by atoms with Gasteiger partial charge in [-0.1, -0.05) is 36.4 Å². The lowest BCUT2D eigenvalue weighted by molar-refractivity contribution is 0.190. The summed E-state index contributed by atoms with van der Waals surface area (Å²) < 4.78 is 0. The molecule has 0 spiro atoms. The molecule has 5 nitrogen and oxygen atoms in total. The van der Waals surface area contributed by atoms with Crippen LogP contribution in [0.1, 0.15) is 18.4 Å². The van der Waals surface area contributed by atoms with Crippen LogP contribution in [0.25, 0.3) is 10.8 Å². The Morgan fingerprint density at radius 2 is 1.74 bits per heavy atom. The highest BCUT2D eigenvalue weighted by atomic mass is 16.2. The zero-order valence-corrected chi connectivity index (χ0v) is 15.3. The summed E-state index contributed by atoms with van der Waals surface area (Å²) in [5, 5.41) is 8.32. The third kappa shape index (κ3) is 4.44. The van der Waals surface area contributed by atoms with Gasteiger partial charge in [0, 0.05) is 43.5 Å². The van der Waals surface area contributed by atoms with Crippen molar-refractivity contribution in [3.63, 3.8) is 0 Å². The average molecular weight is 360 g/mol. The summed E-state index contributed by atoms with van der Waals surface area (Å²) in [6.45, 7) is 2.92. The lowest BCUT2D eigenvalue weighted by Gasteiger charge is -2.32. The van der Waals surface area contributed by atoms with Crippen molar-refractivity contribution >= 4 is 22.5 Å². The first-order valence-electron chi connectivity index (χ1n) is 9.44. The highest BCUT2D eigenvalue weighted by Crippen LogP contribution is 2.23. The lowest BCUT2D eigenvalue weighted by atomic mass is 10.0. The van der Waals surface area contributed by atoms with Gasteiger partial charge < -0.3 is 10.6 Å². The van der Waals surface area contributed by atoms with Crippen molar-refractivity contribution < 1.29 is 4.79 Å². The minimum Gasteiger partial charge on any atom is -0.335 e. The van der Waals surface area contributed by atoms with Crippen LogP contribution in [0.5, 0.6) is 0 Å². The number of carbonyl (C=O) groups excluding carboxylic acids is 1. The van der Waals surface area contributed by atoms with Crippen molar-refractivity contribution in [1.29, 1.82) is 0 Å². The molecule has 5 heteroatoms. The van der Waals surface area contributed by atoms with E-state index in [1.165, 1.54) is 5.56 Å². The first-order chi connectivity index (χ1) is 13.3. The van der Waals surface area contributed by atoms with Gasteiger partial charge in [0.1, 0.15) is 0 Å². The smallest absolute Gasteiger partial charge is 0.319 e. The molecule has 3 aromatic rings. The molecule has 4 rings (SSSR count). The third-order valence-electron chi connectivity index (χ3n) is 5.12. The van der Waals surface area contributed by atoms with E-state index in [0.717, 1.165) is 48.9 Å². The van der Waals surface area contributed by atoms with E-state index < -0.39 is 0 Å². The summed E-state index contributed by atoms with van der Waals surface area (Å²) in [4.78, 5) is 18.9. The SMILES string of the molecule is O=C(Nc1cccc2ccccc12)NC1CCN(Cc2ccncc2)CC1. The van der Waals surface area contributed by atoms with Crippen LogP contribution in [-0.4, -0.2) is 35.0 Å². The molecular formula is C22H24N4O. The molecule has 138 valence electrons. The number of hydrogen-bond donors (Lipinski definition) is 2. The zero-order chi connectivity index (χ0) is 18.5. The van der Waals surface area contributed by atoms with Gasteiger partial charge in [0.15, 0.2) is 0 Å². The zero-order valence-electron chi connectivity index (χ0n) is 15.3. The van der Waals surface area contributed by atoms with Crippen molar-refractivity contribution in [2.75, 3.05) is 18.4 Å². The Morgan fingerprint density at radius 3 is 2.56 bits per heavy atom. The summed E-state index contributed by atoms with van der Waals surface area (Å²) in [6, 6.07) is 18.2. The van der Waals surface area contributed by atoms with Gasteiger partial charge in [-0.2, -0.15) is 0 Å². The maximum Gasteiger partial charge on any atom is 0.319 e. The van der Waals surface area contributed by atoms with Crippen molar-refractivity contribution in [2.24, 2.45) is 0 Å². The van der Waals surface area contributed by atoms with Gasteiger partial charge in [-0.3, -0.25) is 9.88 Å². The van der Waals surface area contributed by atoms with Crippen molar-refractivity contribution in [3.8, 4) is 0 Å². The topological polar surface area (TPSA) is 57.3 Å². The molecule has 1 fully saturated rings. The number of amides is 2. The van der Waals surface area contributed by atoms with Crippen molar-refractivity contribution in [3.05, 3.63) is 72.6 Å². The number of hydrogen-bond acceptors (Lipinski definition) is 3. The number of fused-ring (bicyclic) bond motifs is 1. The Balaban J connectivity index is 1.29. The molecule has 1 aliphatic heterocycles. The Hall–Kier alpha value is -2.92. The fraction of sp³-hybridized carbons (Fsp3) is 0.273. The summed E-state index contributed by atoms with van der Waals surface area (Å²) in [5.41, 5.74) is 2.13. The number of rotatable bonds is 4. The van der Waals surface area contributed by atoms with E-state index in [4.69, 9.17) is 0 Å². The minimum absolute atomic E-state index is 0.126. The van der Waals surface area contributed by atoms with E-state index in [9.17, 15) is 4.79 Å². The van der Waals surface area contributed by atoms with E-state index in [0.29, 0.717) is 0 Å². The molecule has 2 amide bonds. The Kier molecular flexibility index (Phi) is 5.30. The molecule has 0 unspecified atom stereocenters. The first-order valence-corrected chi connectivity index (χ1v) is 9.44. The van der Waals surface area contributed by atoms with Crippen LogP contribution in [0.3, 0.4) is 0 Å². The van der Waals surface area contributed by atoms with E-state index in [-0.39, 0.29) is 12.1 Å². The van der Waals surface area contributed by atoms with Gasteiger partial charge in [-0.05, 0) is 42.0 Å². The Labute approximate surface area is 159 Å². The second-order valence-electron chi connectivity index (χ2n) is 7.03. The maximum absolute atomic E-state index is 12.5. The van der Waals surface area contributed by atoms with Crippen LogP contribution in [0.2, 0.25) is 0 Å². The normalized spacial score (nSPS) is 15.6. The first kappa shape index (κ1) is 17.5. The summed E-state index contributed by atoms with van der Waals surface area (Å²) >= 11 is 0. The number of likely N-dealkylation sites (tertiary alicyclic amines) is 1. The fourth-order valence-electron chi connectivity index (χ4n) is 3.66. The van der Waals surface area contributed by atoms with Gasteiger partial charge in [-0.15, -0.1) is 0 Å². The summed E-state index contributed by atoms with van der Waals surface area (Å²) in [6.07, 6.45) is 5.60. The molecule has 1 aliphatic rings. The molecule has 2 heterocycles. The minimum atomic E-state index is -0.126. The molecule has 0 bridgehead atoms. The van der Waals surface area contributed by atoms with Crippen LogP contribution in [-0.2, 0) is 6.54 Å². The number of carbonyl (C=O) groups is 1. The molecule has 1 saturated heterocycles. The maximum atomic E-state index is 12.5. The summed E-state index contributed by atoms with van der Waals surface area (Å²) in [7, 11) is 0. The molecule has 1 aromatic heterocycles. The number of aromatic nitrogens is 1. The summed E-state index contributed by atoms with van der Waals surface area (Å²) in [5.74, 6) is 0. The quantitative estimate of drug-likeness (QED) is 0.739. The lowest BCUT2D eigenvalue weighted by Crippen LogP contribution is -2.45. The molecule has 0 atom stereocenters. The number of nitrogens with one attached hydrogen (secondary N) is 2. The van der Waals surface area contributed by atoms with Gasteiger partial charge in [-0.25, -0.2) is 4.79 Å². The number of urea groups is 1. The highest BCUT2D eigenvalue weighted by molar-refractivity contribution is 6.01. The van der Waals surface area contributed by atoms with Crippen LogP contribution in [0.15, 0.2) is 67.0 Å². The van der Waals surface area contributed by atoms with Crippen LogP contribution >= 0.6 is 0 Å². The average Bonchev–Trinajstić information content (AvgIpc) is 2.71. The molecule has 27 heavy (non-hydrogen) atoms. The molecule has 0 aliphatic carbocycles. The number of benzene rings is 2. The van der Waals surface area contributed by atoms with Crippen LogP contribution in [0.4, 0.5) is 10.5 Å². The van der Waals surface area contributed by atoms with Crippen LogP contribution < -0.4 is 10.6 Å². The van der Waals surface area contributed by atoms with Gasteiger partial charge in [0.2, 0.25) is 0 Å². The monoisotopic (exact) mass is 360 g/mol. The highest BCUT2D eigenvalue weighted by Gasteiger charge is 2.20. The molecule has 0 radical (unpaired) electrons. The van der Waals surface area contributed by atoms with E-state index >= 15 is 0 Å². The van der Waals surface area contributed by atoms with E-state index in [2.05, 4.69) is 44.8 Å². The van der Waals surface area contributed by atoms with Crippen molar-refractivity contribution in [1.82, 2.24) is 15.2 Å². The number of pyridine rings is 1. The van der Waals surface area contributed by atoms with Gasteiger partial charge in [0.25, 0.3) is 0 Å². The Morgan fingerprint density at radius 1 is 1.00 bits per heavy atom. The molecule has 0 saturated carbocycles. The molecule has 2 N–H and O–H groups in total. The van der Waals surface area contributed by atoms with E-state index in [1.54, 1.807) is 0 Å². The number of nitrogens with zero attached hydrogens (tertiary/aromatic N) is 2. The predicted octanol–water partition coefficient (Wildman–Crippen LogP) is 4.02. The third-order valence-corrected chi connectivity index (χ3v) is 5.12. The van der Waals surface area contributed by atoms with E-state index in [1.807, 2.05) is 42.7 Å². The molecule has 2 aromatic carbocycles. The number of piperidine rings is 1. The standard InChI is InChI=1S/C22H24N4O/c27-22(25-21-7-3-5-18-4-1-2-6-20(18)21)24-19-10-14-26(15-11-19)16-17-8-12-23-13-9-17/h1-9,12-13,19H,10-11,14-16H2,(H2,24,25,27). The van der Waals surface area contributed by atoms with Crippen molar-refractivity contribution in [2.45, 2.75) is 25.4 Å². The van der Waals surface area contributed by atoms with Gasteiger partial charge in [0.05, 0.1) is 5.69 Å². The fourth-order valence-corrected chi connectivity index (χ4v) is 3.66. The largest absolute Gasteiger partial charge is 0.335 e. The second kappa shape index (κ2) is 8.18. The number of anilines is 1.